The number of hydrogen-bond donors (Lipinski definition) is 1. The van der Waals surface area contributed by atoms with E-state index < -0.39 is 0 Å². The number of hydrogen-bond acceptors (Lipinski definition) is 4. The first kappa shape index (κ1) is 17.6. The standard InChI is InChI=1S/C21H28N2O2/c1-23(18-11-20(24-2)13-21(12-18)25-3)19(14-22)10-15-8-16-6-4-5-7-17(16)9-15/h4-7,11-13,15,19H,8-10,14,22H2,1-3H3. The van der Waals surface area contributed by atoms with Crippen LogP contribution < -0.4 is 20.1 Å². The Morgan fingerprint density at radius 2 is 1.60 bits per heavy atom. The van der Waals surface area contributed by atoms with E-state index in [0.717, 1.165) is 36.4 Å². The number of benzene rings is 2. The number of likely N-dealkylation sites (N-methyl/N-ethyl adjacent to an activating group) is 1. The molecule has 2 aromatic carbocycles. The van der Waals surface area contributed by atoms with Gasteiger partial charge in [0.05, 0.1) is 14.2 Å². The summed E-state index contributed by atoms with van der Waals surface area (Å²) >= 11 is 0. The van der Waals surface area contributed by atoms with Gasteiger partial charge in [-0.05, 0) is 36.3 Å². The Bertz CT molecular complexity index is 670. The van der Waals surface area contributed by atoms with Crippen molar-refractivity contribution in [2.45, 2.75) is 25.3 Å². The molecule has 0 saturated carbocycles. The van der Waals surface area contributed by atoms with Crippen molar-refractivity contribution in [2.24, 2.45) is 11.7 Å². The maximum Gasteiger partial charge on any atom is 0.124 e. The average molecular weight is 340 g/mol. The quantitative estimate of drug-likeness (QED) is 0.840. The molecule has 0 amide bonds. The van der Waals surface area contributed by atoms with Crippen LogP contribution in [-0.2, 0) is 12.8 Å². The van der Waals surface area contributed by atoms with Crippen molar-refractivity contribution in [2.75, 3.05) is 32.7 Å². The van der Waals surface area contributed by atoms with Crippen molar-refractivity contribution in [3.8, 4) is 11.5 Å². The van der Waals surface area contributed by atoms with Crippen LogP contribution in [0.3, 0.4) is 0 Å². The second-order valence-corrected chi connectivity index (χ2v) is 6.85. The molecule has 1 unspecified atom stereocenters. The SMILES string of the molecule is COc1cc(OC)cc(N(C)C(CN)CC2Cc3ccccc3C2)c1. The zero-order valence-corrected chi connectivity index (χ0v) is 15.4. The zero-order valence-electron chi connectivity index (χ0n) is 15.4. The number of anilines is 1. The topological polar surface area (TPSA) is 47.7 Å². The van der Waals surface area contributed by atoms with Crippen LogP contribution in [0.15, 0.2) is 42.5 Å². The molecule has 0 bridgehead atoms. The van der Waals surface area contributed by atoms with Crippen LogP contribution in [0.4, 0.5) is 5.69 Å². The van der Waals surface area contributed by atoms with Crippen LogP contribution in [0.25, 0.3) is 0 Å². The summed E-state index contributed by atoms with van der Waals surface area (Å²) in [6, 6.07) is 15.0. The van der Waals surface area contributed by atoms with Crippen LogP contribution in [0.2, 0.25) is 0 Å². The molecule has 0 heterocycles. The Morgan fingerprint density at radius 3 is 2.08 bits per heavy atom. The molecule has 2 N–H and O–H groups in total. The highest BCUT2D eigenvalue weighted by atomic mass is 16.5. The number of methoxy groups -OCH3 is 2. The predicted molar refractivity (Wildman–Crippen MR) is 103 cm³/mol. The van der Waals surface area contributed by atoms with Crippen molar-refractivity contribution < 1.29 is 9.47 Å². The minimum atomic E-state index is 0.288. The van der Waals surface area contributed by atoms with E-state index in [4.69, 9.17) is 15.2 Å². The highest BCUT2D eigenvalue weighted by Gasteiger charge is 2.26. The number of nitrogens with zero attached hydrogens (tertiary/aromatic N) is 1. The monoisotopic (exact) mass is 340 g/mol. The van der Waals surface area contributed by atoms with Crippen LogP contribution in [0.1, 0.15) is 17.5 Å². The molecule has 1 aliphatic rings. The van der Waals surface area contributed by atoms with Crippen molar-refractivity contribution in [1.82, 2.24) is 0 Å². The predicted octanol–water partition coefficient (Wildman–Crippen LogP) is 3.27. The zero-order chi connectivity index (χ0) is 17.8. The van der Waals surface area contributed by atoms with Gasteiger partial charge in [0.2, 0.25) is 0 Å². The third-order valence-corrected chi connectivity index (χ3v) is 5.30. The minimum Gasteiger partial charge on any atom is -0.497 e. The number of nitrogens with two attached hydrogens (primary N) is 1. The van der Waals surface area contributed by atoms with Crippen molar-refractivity contribution in [3.05, 3.63) is 53.6 Å². The summed E-state index contributed by atoms with van der Waals surface area (Å²) in [4.78, 5) is 2.26. The lowest BCUT2D eigenvalue weighted by Crippen LogP contribution is -2.39. The van der Waals surface area contributed by atoms with Crippen LogP contribution >= 0.6 is 0 Å². The third kappa shape index (κ3) is 3.90. The number of fused-ring (bicyclic) bond motifs is 1. The van der Waals surface area contributed by atoms with E-state index in [0.29, 0.717) is 12.5 Å². The summed E-state index contributed by atoms with van der Waals surface area (Å²) in [7, 11) is 5.46. The Hall–Kier alpha value is -2.20. The van der Waals surface area contributed by atoms with Gasteiger partial charge >= 0.3 is 0 Å². The van der Waals surface area contributed by atoms with Gasteiger partial charge in [0, 0.05) is 43.5 Å². The van der Waals surface area contributed by atoms with Gasteiger partial charge < -0.3 is 20.1 Å². The molecular formula is C21H28N2O2. The Kier molecular flexibility index (Phi) is 5.49. The van der Waals surface area contributed by atoms with Gasteiger partial charge in [-0.3, -0.25) is 0 Å². The summed E-state index contributed by atoms with van der Waals surface area (Å²) < 4.78 is 10.8. The van der Waals surface area contributed by atoms with Crippen LogP contribution in [0, 0.1) is 5.92 Å². The normalized spacial score (nSPS) is 14.9. The van der Waals surface area contributed by atoms with Crippen molar-refractivity contribution in [3.63, 3.8) is 0 Å². The lowest BCUT2D eigenvalue weighted by atomic mass is 9.96. The van der Waals surface area contributed by atoms with Gasteiger partial charge in [0.1, 0.15) is 11.5 Å². The molecular weight excluding hydrogens is 312 g/mol. The fourth-order valence-electron chi connectivity index (χ4n) is 3.82. The number of rotatable bonds is 7. The Labute approximate surface area is 150 Å². The first-order valence-corrected chi connectivity index (χ1v) is 8.87. The highest BCUT2D eigenvalue weighted by Crippen LogP contribution is 2.33. The molecule has 4 heteroatoms. The van der Waals surface area contributed by atoms with Crippen LogP contribution in [0.5, 0.6) is 11.5 Å². The maximum absolute atomic E-state index is 6.13. The molecule has 0 aromatic heterocycles. The molecule has 0 radical (unpaired) electrons. The molecule has 0 spiro atoms. The fourth-order valence-corrected chi connectivity index (χ4v) is 3.82. The van der Waals surface area contributed by atoms with Crippen molar-refractivity contribution >= 4 is 5.69 Å². The van der Waals surface area contributed by atoms with Gasteiger partial charge in [-0.25, -0.2) is 0 Å². The molecule has 3 rings (SSSR count). The van der Waals surface area contributed by atoms with E-state index in [2.05, 4.69) is 36.2 Å². The third-order valence-electron chi connectivity index (χ3n) is 5.30. The van der Waals surface area contributed by atoms with E-state index >= 15 is 0 Å². The van der Waals surface area contributed by atoms with E-state index in [1.54, 1.807) is 14.2 Å². The largest absolute Gasteiger partial charge is 0.497 e. The Morgan fingerprint density at radius 1 is 1.04 bits per heavy atom. The Balaban J connectivity index is 1.73. The first-order chi connectivity index (χ1) is 12.1. The first-order valence-electron chi connectivity index (χ1n) is 8.87. The molecule has 4 nitrogen and oxygen atoms in total. The van der Waals surface area contributed by atoms with Gasteiger partial charge in [-0.1, -0.05) is 24.3 Å². The van der Waals surface area contributed by atoms with Gasteiger partial charge in [0.15, 0.2) is 0 Å². The van der Waals surface area contributed by atoms with E-state index in [9.17, 15) is 0 Å². The molecule has 0 saturated heterocycles. The summed E-state index contributed by atoms with van der Waals surface area (Å²) in [5.74, 6) is 2.25. The maximum atomic E-state index is 6.13. The lowest BCUT2D eigenvalue weighted by molar-refractivity contribution is 0.393. The van der Waals surface area contributed by atoms with E-state index in [1.165, 1.54) is 11.1 Å². The van der Waals surface area contributed by atoms with Gasteiger partial charge in [-0.2, -0.15) is 0 Å². The molecule has 0 aliphatic heterocycles. The minimum absolute atomic E-state index is 0.288. The molecule has 1 aliphatic carbocycles. The smallest absolute Gasteiger partial charge is 0.124 e. The fraction of sp³-hybridized carbons (Fsp3) is 0.429. The summed E-state index contributed by atoms with van der Waals surface area (Å²) in [6.07, 6.45) is 3.39. The molecule has 134 valence electrons. The molecule has 2 aromatic rings. The van der Waals surface area contributed by atoms with E-state index in [1.807, 2.05) is 18.2 Å². The second kappa shape index (κ2) is 7.79. The lowest BCUT2D eigenvalue weighted by Gasteiger charge is -2.31. The molecule has 0 fully saturated rings. The summed E-state index contributed by atoms with van der Waals surface area (Å²) in [5.41, 5.74) is 10.2. The average Bonchev–Trinajstić information content (AvgIpc) is 3.07. The van der Waals surface area contributed by atoms with Crippen molar-refractivity contribution in [1.29, 1.82) is 0 Å². The summed E-state index contributed by atoms with van der Waals surface area (Å²) in [6.45, 7) is 0.628. The number of ether oxygens (including phenoxy) is 2. The molecule has 1 atom stereocenters. The second-order valence-electron chi connectivity index (χ2n) is 6.85. The summed E-state index contributed by atoms with van der Waals surface area (Å²) in [5, 5.41) is 0. The van der Waals surface area contributed by atoms with E-state index in [-0.39, 0.29) is 6.04 Å². The highest BCUT2D eigenvalue weighted by molar-refractivity contribution is 5.56. The van der Waals surface area contributed by atoms with Crippen LogP contribution in [-0.4, -0.2) is 33.9 Å². The van der Waals surface area contributed by atoms with Gasteiger partial charge in [-0.15, -0.1) is 0 Å². The van der Waals surface area contributed by atoms with Gasteiger partial charge in [0.25, 0.3) is 0 Å². The molecule has 25 heavy (non-hydrogen) atoms.